The second-order valence-corrected chi connectivity index (χ2v) is 9.69. The van der Waals surface area contributed by atoms with E-state index in [4.69, 9.17) is 5.73 Å². The molecular weight excluding hydrogens is 481 g/mol. The van der Waals surface area contributed by atoms with Crippen LogP contribution in [-0.2, 0) is 0 Å². The summed E-state index contributed by atoms with van der Waals surface area (Å²) in [4.78, 5) is 29.1. The van der Waals surface area contributed by atoms with Gasteiger partial charge in [-0.25, -0.2) is 14.4 Å². The van der Waals surface area contributed by atoms with Crippen LogP contribution in [0.3, 0.4) is 0 Å². The number of nitrogens with two attached hydrogens (primary N) is 1. The Labute approximate surface area is 219 Å². The first kappa shape index (κ1) is 24.0. The number of anilines is 1. The average Bonchev–Trinajstić information content (AvgIpc) is 3.60. The van der Waals surface area contributed by atoms with E-state index < -0.39 is 0 Å². The average molecular weight is 510 g/mol. The summed E-state index contributed by atoms with van der Waals surface area (Å²) in [6, 6.07) is 14.1. The number of benzene rings is 2. The van der Waals surface area contributed by atoms with Gasteiger partial charge in [-0.05, 0) is 80.9 Å². The molecule has 6 rings (SSSR count). The number of hydrogen-bond acceptors (Lipinski definition) is 6. The number of imidazole rings is 1. The number of nitrogens with zero attached hydrogens (tertiary/aromatic N) is 5. The second kappa shape index (κ2) is 9.83. The molecule has 1 aliphatic heterocycles. The van der Waals surface area contributed by atoms with Gasteiger partial charge in [0, 0.05) is 42.0 Å². The minimum Gasteiger partial charge on any atom is -0.381 e. The first-order valence-corrected chi connectivity index (χ1v) is 12.8. The number of aromatic nitrogens is 4. The first-order chi connectivity index (χ1) is 18.5. The number of carbonyl (C=O) groups is 1. The molecule has 1 aliphatic rings. The number of likely N-dealkylation sites (tertiary alicyclic amines) is 1. The molecule has 1 saturated heterocycles. The van der Waals surface area contributed by atoms with Gasteiger partial charge in [-0.1, -0.05) is 6.07 Å². The summed E-state index contributed by atoms with van der Waals surface area (Å²) in [6.45, 7) is 5.54. The molecule has 2 aromatic carbocycles. The third kappa shape index (κ3) is 4.45. The molecule has 3 N–H and O–H groups in total. The molecule has 5 aromatic rings. The molecule has 0 aliphatic carbocycles. The highest BCUT2D eigenvalue weighted by Gasteiger charge is 2.21. The summed E-state index contributed by atoms with van der Waals surface area (Å²) in [5, 5.41) is 3.98. The highest BCUT2D eigenvalue weighted by molar-refractivity contribution is 5.95. The number of pyridine rings is 1. The number of nitrogens with one attached hydrogen (secondary N) is 1. The van der Waals surface area contributed by atoms with Crippen LogP contribution in [0.25, 0.3) is 39.1 Å². The second-order valence-electron chi connectivity index (χ2n) is 9.69. The van der Waals surface area contributed by atoms with Crippen LogP contribution in [0.2, 0.25) is 0 Å². The lowest BCUT2D eigenvalue weighted by molar-refractivity contribution is 0.0945. The fourth-order valence-electron chi connectivity index (χ4n) is 5.12. The van der Waals surface area contributed by atoms with Crippen LogP contribution in [0.4, 0.5) is 10.2 Å². The molecular formula is C29H28FN7O. The van der Waals surface area contributed by atoms with Crippen LogP contribution in [0, 0.1) is 12.7 Å². The maximum Gasteiger partial charge on any atom is 0.271 e. The zero-order chi connectivity index (χ0) is 26.2. The summed E-state index contributed by atoms with van der Waals surface area (Å²) in [5.41, 5.74) is 11.8. The lowest BCUT2D eigenvalue weighted by atomic mass is 10.0. The van der Waals surface area contributed by atoms with Gasteiger partial charge in [0.05, 0.1) is 16.9 Å². The fraction of sp³-hybridized carbons (Fsp3) is 0.241. The molecule has 3 aromatic heterocycles. The third-order valence-corrected chi connectivity index (χ3v) is 7.13. The van der Waals surface area contributed by atoms with Crippen molar-refractivity contribution < 1.29 is 9.18 Å². The van der Waals surface area contributed by atoms with Crippen molar-refractivity contribution in [3.8, 4) is 22.5 Å². The van der Waals surface area contributed by atoms with E-state index in [2.05, 4.69) is 25.2 Å². The van der Waals surface area contributed by atoms with Gasteiger partial charge in [0.15, 0.2) is 11.5 Å². The van der Waals surface area contributed by atoms with E-state index in [1.807, 2.05) is 35.6 Å². The first-order valence-electron chi connectivity index (χ1n) is 12.8. The molecule has 9 heteroatoms. The van der Waals surface area contributed by atoms with Crippen LogP contribution in [0.15, 0.2) is 60.9 Å². The molecule has 0 unspecified atom stereocenters. The van der Waals surface area contributed by atoms with Gasteiger partial charge >= 0.3 is 0 Å². The van der Waals surface area contributed by atoms with Gasteiger partial charge in [-0.3, -0.25) is 14.2 Å². The molecule has 0 atom stereocenters. The van der Waals surface area contributed by atoms with E-state index in [1.54, 1.807) is 24.5 Å². The Bertz CT molecular complexity index is 1660. The molecule has 0 bridgehead atoms. The van der Waals surface area contributed by atoms with E-state index in [9.17, 15) is 9.18 Å². The predicted octanol–water partition coefficient (Wildman–Crippen LogP) is 4.47. The summed E-state index contributed by atoms with van der Waals surface area (Å²) in [7, 11) is 0. The van der Waals surface area contributed by atoms with Crippen molar-refractivity contribution in [1.82, 2.24) is 29.6 Å². The van der Waals surface area contributed by atoms with Crippen LogP contribution in [-0.4, -0.2) is 56.3 Å². The highest BCUT2D eigenvalue weighted by atomic mass is 19.1. The molecule has 38 heavy (non-hydrogen) atoms. The fourth-order valence-corrected chi connectivity index (χ4v) is 5.12. The Morgan fingerprint density at radius 2 is 1.82 bits per heavy atom. The normalized spacial score (nSPS) is 13.9. The van der Waals surface area contributed by atoms with Crippen molar-refractivity contribution in [2.75, 3.05) is 31.9 Å². The molecule has 0 radical (unpaired) electrons. The smallest absolute Gasteiger partial charge is 0.271 e. The van der Waals surface area contributed by atoms with Crippen molar-refractivity contribution >= 4 is 28.3 Å². The number of amides is 1. The van der Waals surface area contributed by atoms with Crippen LogP contribution in [0.1, 0.15) is 28.9 Å². The van der Waals surface area contributed by atoms with E-state index >= 15 is 0 Å². The monoisotopic (exact) mass is 509 g/mol. The minimum atomic E-state index is -0.340. The zero-order valence-corrected chi connectivity index (χ0v) is 21.1. The standard InChI is InChI=1S/C29H28FN7O/c1-18-10-11-32-23-9-6-20(16-22(18)23)26-25(19-4-7-21(30)8-5-19)35-27(31)28-34-24(17-37(26)28)29(38)33-12-15-36-13-2-3-14-36/h4-11,16-17H,2-3,12-15H2,1H3,(H2,31,35)(H,33,38). The Morgan fingerprint density at radius 3 is 2.61 bits per heavy atom. The summed E-state index contributed by atoms with van der Waals surface area (Å²) >= 11 is 0. The van der Waals surface area contributed by atoms with E-state index in [1.165, 1.54) is 25.0 Å². The van der Waals surface area contributed by atoms with Gasteiger partial charge in [-0.15, -0.1) is 0 Å². The molecule has 1 fully saturated rings. The Morgan fingerprint density at radius 1 is 1.05 bits per heavy atom. The van der Waals surface area contributed by atoms with Crippen molar-refractivity contribution in [1.29, 1.82) is 0 Å². The van der Waals surface area contributed by atoms with Crippen LogP contribution < -0.4 is 11.1 Å². The zero-order valence-electron chi connectivity index (χ0n) is 21.1. The number of rotatable bonds is 6. The Hall–Kier alpha value is -4.37. The van der Waals surface area contributed by atoms with Gasteiger partial charge in [-0.2, -0.15) is 0 Å². The minimum absolute atomic E-state index is 0.183. The maximum atomic E-state index is 13.8. The van der Waals surface area contributed by atoms with Crippen molar-refractivity contribution in [2.24, 2.45) is 0 Å². The van der Waals surface area contributed by atoms with Gasteiger partial charge in [0.1, 0.15) is 11.5 Å². The number of halogens is 1. The number of hydrogen-bond donors (Lipinski definition) is 2. The number of nitrogen functional groups attached to an aromatic ring is 1. The lowest BCUT2D eigenvalue weighted by Gasteiger charge is -2.14. The van der Waals surface area contributed by atoms with Gasteiger partial charge in [0.25, 0.3) is 5.91 Å². The summed E-state index contributed by atoms with van der Waals surface area (Å²) < 4.78 is 15.6. The van der Waals surface area contributed by atoms with Crippen molar-refractivity contribution in [3.05, 3.63) is 78.0 Å². The van der Waals surface area contributed by atoms with Crippen LogP contribution >= 0.6 is 0 Å². The summed E-state index contributed by atoms with van der Waals surface area (Å²) in [5.74, 6) is -0.421. The SMILES string of the molecule is Cc1ccnc2ccc(-c3c(-c4ccc(F)cc4)nc(N)c4nc(C(=O)NCCN5CCCC5)cn34)cc12. The highest BCUT2D eigenvalue weighted by Crippen LogP contribution is 2.35. The van der Waals surface area contributed by atoms with E-state index in [0.717, 1.165) is 41.7 Å². The van der Waals surface area contributed by atoms with Gasteiger partial charge in [0.2, 0.25) is 0 Å². The topological polar surface area (TPSA) is 101 Å². The number of carbonyl (C=O) groups excluding carboxylic acids is 1. The van der Waals surface area contributed by atoms with E-state index in [0.29, 0.717) is 29.1 Å². The molecule has 0 spiro atoms. The Balaban J connectivity index is 1.47. The maximum absolute atomic E-state index is 13.8. The van der Waals surface area contributed by atoms with Gasteiger partial charge < -0.3 is 16.0 Å². The molecule has 8 nitrogen and oxygen atoms in total. The van der Waals surface area contributed by atoms with E-state index in [-0.39, 0.29) is 23.2 Å². The lowest BCUT2D eigenvalue weighted by Crippen LogP contribution is -2.33. The molecule has 0 saturated carbocycles. The van der Waals surface area contributed by atoms with Crippen molar-refractivity contribution in [3.63, 3.8) is 0 Å². The molecule has 192 valence electrons. The molecule has 1 amide bonds. The molecule has 4 heterocycles. The quantitative estimate of drug-likeness (QED) is 0.350. The Kier molecular flexibility index (Phi) is 6.21. The van der Waals surface area contributed by atoms with Crippen molar-refractivity contribution in [2.45, 2.75) is 19.8 Å². The number of aryl methyl sites for hydroxylation is 1. The largest absolute Gasteiger partial charge is 0.381 e. The number of fused-ring (bicyclic) bond motifs is 2. The summed E-state index contributed by atoms with van der Waals surface area (Å²) in [6.07, 6.45) is 5.89. The predicted molar refractivity (Wildman–Crippen MR) is 146 cm³/mol. The third-order valence-electron chi connectivity index (χ3n) is 7.13. The van der Waals surface area contributed by atoms with Crippen LogP contribution in [0.5, 0.6) is 0 Å².